The third kappa shape index (κ3) is 2.97. The summed E-state index contributed by atoms with van der Waals surface area (Å²) in [5.74, 6) is 5.00. The summed E-state index contributed by atoms with van der Waals surface area (Å²) >= 11 is 0. The maximum atomic E-state index is 11.2. The van der Waals surface area contributed by atoms with Crippen molar-refractivity contribution in [3.63, 3.8) is 0 Å². The SMILES string of the molecule is COCC#Cc1cnc(C(=O)OC)c(N)c1. The summed E-state index contributed by atoms with van der Waals surface area (Å²) in [5, 5.41) is 0. The Balaban J connectivity index is 2.92. The van der Waals surface area contributed by atoms with E-state index in [0.29, 0.717) is 12.2 Å². The van der Waals surface area contributed by atoms with Gasteiger partial charge in [-0.25, -0.2) is 9.78 Å². The number of aromatic nitrogens is 1. The van der Waals surface area contributed by atoms with E-state index in [4.69, 9.17) is 10.5 Å². The summed E-state index contributed by atoms with van der Waals surface area (Å²) in [5.41, 5.74) is 6.61. The van der Waals surface area contributed by atoms with Crippen LogP contribution in [0, 0.1) is 11.8 Å². The number of pyridine rings is 1. The fourth-order valence-electron chi connectivity index (χ4n) is 1.03. The average molecular weight is 220 g/mol. The molecule has 1 aromatic rings. The van der Waals surface area contributed by atoms with Crippen LogP contribution < -0.4 is 5.73 Å². The first kappa shape index (κ1) is 12.0. The highest BCUT2D eigenvalue weighted by molar-refractivity contribution is 5.92. The zero-order chi connectivity index (χ0) is 12.0. The first-order valence-electron chi connectivity index (χ1n) is 4.50. The summed E-state index contributed by atoms with van der Waals surface area (Å²) < 4.78 is 9.29. The number of esters is 1. The summed E-state index contributed by atoms with van der Waals surface area (Å²) in [4.78, 5) is 15.1. The zero-order valence-corrected chi connectivity index (χ0v) is 9.11. The van der Waals surface area contributed by atoms with E-state index < -0.39 is 5.97 Å². The molecule has 5 nitrogen and oxygen atoms in total. The van der Waals surface area contributed by atoms with E-state index >= 15 is 0 Å². The number of nitrogens with two attached hydrogens (primary N) is 1. The largest absolute Gasteiger partial charge is 0.464 e. The highest BCUT2D eigenvalue weighted by Crippen LogP contribution is 2.11. The van der Waals surface area contributed by atoms with Gasteiger partial charge in [0.15, 0.2) is 5.69 Å². The van der Waals surface area contributed by atoms with Crippen molar-refractivity contribution in [3.8, 4) is 11.8 Å². The van der Waals surface area contributed by atoms with Gasteiger partial charge in [-0.05, 0) is 6.07 Å². The number of nitrogen functional groups attached to an aromatic ring is 1. The van der Waals surface area contributed by atoms with Crippen molar-refractivity contribution in [2.24, 2.45) is 0 Å². The number of hydrogen-bond donors (Lipinski definition) is 1. The van der Waals surface area contributed by atoms with Crippen LogP contribution >= 0.6 is 0 Å². The van der Waals surface area contributed by atoms with Crippen molar-refractivity contribution >= 4 is 11.7 Å². The molecule has 0 aliphatic rings. The molecular formula is C11H12N2O3. The van der Waals surface area contributed by atoms with Gasteiger partial charge in [-0.2, -0.15) is 0 Å². The molecule has 16 heavy (non-hydrogen) atoms. The summed E-state index contributed by atoms with van der Waals surface area (Å²) in [6.45, 7) is 0.332. The van der Waals surface area contributed by atoms with Gasteiger partial charge in [0.25, 0.3) is 0 Å². The Hall–Kier alpha value is -2.06. The molecule has 1 heterocycles. The minimum Gasteiger partial charge on any atom is -0.464 e. The van der Waals surface area contributed by atoms with Crippen molar-refractivity contribution in [1.29, 1.82) is 0 Å². The third-order valence-corrected chi connectivity index (χ3v) is 1.75. The van der Waals surface area contributed by atoms with Gasteiger partial charge in [0.05, 0.1) is 12.8 Å². The second kappa shape index (κ2) is 5.73. The van der Waals surface area contributed by atoms with Gasteiger partial charge in [-0.3, -0.25) is 0 Å². The number of hydrogen-bond acceptors (Lipinski definition) is 5. The fourth-order valence-corrected chi connectivity index (χ4v) is 1.03. The van der Waals surface area contributed by atoms with Crippen molar-refractivity contribution < 1.29 is 14.3 Å². The van der Waals surface area contributed by atoms with E-state index in [-0.39, 0.29) is 11.4 Å². The van der Waals surface area contributed by atoms with E-state index in [0.717, 1.165) is 0 Å². The van der Waals surface area contributed by atoms with Gasteiger partial charge < -0.3 is 15.2 Å². The molecule has 2 N–H and O–H groups in total. The number of methoxy groups -OCH3 is 2. The molecule has 0 saturated heterocycles. The Morgan fingerprint density at radius 1 is 1.56 bits per heavy atom. The summed E-state index contributed by atoms with van der Waals surface area (Å²) in [6, 6.07) is 1.57. The highest BCUT2D eigenvalue weighted by atomic mass is 16.5. The normalized spacial score (nSPS) is 9.12. The molecule has 0 saturated carbocycles. The van der Waals surface area contributed by atoms with Gasteiger partial charge in [0.1, 0.15) is 6.61 Å². The quantitative estimate of drug-likeness (QED) is 0.578. The van der Waals surface area contributed by atoms with Crippen LogP contribution in [-0.4, -0.2) is 31.8 Å². The molecule has 0 fully saturated rings. The van der Waals surface area contributed by atoms with Gasteiger partial charge in [0.2, 0.25) is 0 Å². The van der Waals surface area contributed by atoms with E-state index in [1.165, 1.54) is 13.3 Å². The second-order valence-electron chi connectivity index (χ2n) is 2.89. The topological polar surface area (TPSA) is 74.4 Å². The maximum Gasteiger partial charge on any atom is 0.358 e. The van der Waals surface area contributed by atoms with Crippen molar-refractivity contribution in [1.82, 2.24) is 4.98 Å². The zero-order valence-electron chi connectivity index (χ0n) is 9.11. The van der Waals surface area contributed by atoms with Crippen LogP contribution in [-0.2, 0) is 9.47 Å². The lowest BCUT2D eigenvalue weighted by molar-refractivity contribution is 0.0595. The van der Waals surface area contributed by atoms with E-state index in [1.807, 2.05) is 0 Å². The standard InChI is InChI=1S/C11H12N2O3/c1-15-5-3-4-8-6-9(12)10(13-7-8)11(14)16-2/h6-7H,5,12H2,1-2H3. The van der Waals surface area contributed by atoms with Gasteiger partial charge in [-0.1, -0.05) is 11.8 Å². The molecule has 0 bridgehead atoms. The predicted molar refractivity (Wildman–Crippen MR) is 58.7 cm³/mol. The second-order valence-corrected chi connectivity index (χ2v) is 2.89. The number of carbonyl (C=O) groups excluding carboxylic acids is 1. The monoisotopic (exact) mass is 220 g/mol. The van der Waals surface area contributed by atoms with Crippen LogP contribution in [0.5, 0.6) is 0 Å². The molecule has 0 unspecified atom stereocenters. The maximum absolute atomic E-state index is 11.2. The lowest BCUT2D eigenvalue weighted by Gasteiger charge is -2.02. The highest BCUT2D eigenvalue weighted by Gasteiger charge is 2.11. The molecule has 0 radical (unpaired) electrons. The van der Waals surface area contributed by atoms with Gasteiger partial charge in [-0.15, -0.1) is 0 Å². The number of nitrogens with zero attached hydrogens (tertiary/aromatic N) is 1. The van der Waals surface area contributed by atoms with Gasteiger partial charge in [0, 0.05) is 18.9 Å². The lowest BCUT2D eigenvalue weighted by atomic mass is 10.2. The Morgan fingerprint density at radius 3 is 2.88 bits per heavy atom. The molecule has 1 rings (SSSR count). The molecule has 0 aromatic carbocycles. The van der Waals surface area contributed by atoms with Crippen LogP contribution in [0.2, 0.25) is 0 Å². The average Bonchev–Trinajstić information content (AvgIpc) is 2.29. The van der Waals surface area contributed by atoms with E-state index in [9.17, 15) is 4.79 Å². The molecule has 84 valence electrons. The number of anilines is 1. The smallest absolute Gasteiger partial charge is 0.358 e. The molecule has 0 atom stereocenters. The molecule has 0 aliphatic carbocycles. The third-order valence-electron chi connectivity index (χ3n) is 1.75. The number of carbonyl (C=O) groups is 1. The Labute approximate surface area is 93.6 Å². The lowest BCUT2D eigenvalue weighted by Crippen LogP contribution is -2.08. The molecule has 1 aromatic heterocycles. The van der Waals surface area contributed by atoms with Crippen molar-refractivity contribution in [2.75, 3.05) is 26.6 Å². The minimum absolute atomic E-state index is 0.0970. The first-order valence-corrected chi connectivity index (χ1v) is 4.50. The van der Waals surface area contributed by atoms with Crippen LogP contribution in [0.3, 0.4) is 0 Å². The van der Waals surface area contributed by atoms with Crippen molar-refractivity contribution in [2.45, 2.75) is 0 Å². The van der Waals surface area contributed by atoms with Crippen LogP contribution in [0.15, 0.2) is 12.3 Å². The molecule has 0 amide bonds. The fraction of sp³-hybridized carbons (Fsp3) is 0.273. The molecule has 0 spiro atoms. The number of rotatable bonds is 2. The predicted octanol–water partition coefficient (Wildman–Crippen LogP) is 0.448. The Bertz CT molecular complexity index is 446. The molecule has 0 aliphatic heterocycles. The van der Waals surface area contributed by atoms with Gasteiger partial charge >= 0.3 is 5.97 Å². The van der Waals surface area contributed by atoms with Crippen LogP contribution in [0.1, 0.15) is 16.1 Å². The number of ether oxygens (including phenoxy) is 2. The van der Waals surface area contributed by atoms with Crippen LogP contribution in [0.4, 0.5) is 5.69 Å². The summed E-state index contributed by atoms with van der Waals surface area (Å²) in [7, 11) is 2.83. The van der Waals surface area contributed by atoms with Crippen LogP contribution in [0.25, 0.3) is 0 Å². The van der Waals surface area contributed by atoms with Crippen molar-refractivity contribution in [3.05, 3.63) is 23.5 Å². The molecular weight excluding hydrogens is 208 g/mol. The van der Waals surface area contributed by atoms with E-state index in [1.54, 1.807) is 13.2 Å². The van der Waals surface area contributed by atoms with E-state index in [2.05, 4.69) is 21.6 Å². The summed E-state index contributed by atoms with van der Waals surface area (Å²) in [6.07, 6.45) is 1.46. The first-order chi connectivity index (χ1) is 7.69. The molecule has 5 heteroatoms. The Morgan fingerprint density at radius 2 is 2.31 bits per heavy atom. The minimum atomic E-state index is -0.561. The Kier molecular flexibility index (Phi) is 4.30.